The van der Waals surface area contributed by atoms with Crippen LogP contribution < -0.4 is 5.73 Å². The lowest BCUT2D eigenvalue weighted by molar-refractivity contribution is 0.344. The van der Waals surface area contributed by atoms with Crippen molar-refractivity contribution < 1.29 is 8.91 Å². The molecule has 2 rings (SSSR count). The number of hydrogen-bond acceptors (Lipinski definition) is 4. The second kappa shape index (κ2) is 6.81. The minimum Gasteiger partial charge on any atom is -0.339 e. The summed E-state index contributed by atoms with van der Waals surface area (Å²) < 4.78 is 18.9. The van der Waals surface area contributed by atoms with Gasteiger partial charge in [-0.1, -0.05) is 36.2 Å². The summed E-state index contributed by atoms with van der Waals surface area (Å²) in [5.74, 6) is 0.614. The van der Waals surface area contributed by atoms with Gasteiger partial charge in [-0.05, 0) is 18.6 Å². The minimum absolute atomic E-state index is 0.0531. The van der Waals surface area contributed by atoms with Crippen LogP contribution in [0, 0.1) is 5.82 Å². The van der Waals surface area contributed by atoms with Crippen molar-refractivity contribution in [3.05, 3.63) is 46.3 Å². The van der Waals surface area contributed by atoms with E-state index in [0.717, 1.165) is 12.8 Å². The van der Waals surface area contributed by atoms with E-state index in [9.17, 15) is 4.39 Å². The second-order valence-electron chi connectivity index (χ2n) is 4.65. The summed E-state index contributed by atoms with van der Waals surface area (Å²) >= 11 is 5.98. The highest BCUT2D eigenvalue weighted by atomic mass is 35.5. The van der Waals surface area contributed by atoms with Gasteiger partial charge in [-0.3, -0.25) is 0 Å². The lowest BCUT2D eigenvalue weighted by atomic mass is 10.0. The molecule has 1 unspecified atom stereocenters. The molecule has 1 atom stereocenters. The first-order chi connectivity index (χ1) is 9.65. The summed E-state index contributed by atoms with van der Waals surface area (Å²) in [6.07, 6.45) is 2.08. The fourth-order valence-electron chi connectivity index (χ4n) is 2.06. The lowest BCUT2D eigenvalue weighted by Gasteiger charge is -2.06. The number of nitrogens with zero attached hydrogens (tertiary/aromatic N) is 2. The molecule has 2 aromatic rings. The van der Waals surface area contributed by atoms with E-state index in [2.05, 4.69) is 17.1 Å². The van der Waals surface area contributed by atoms with Gasteiger partial charge >= 0.3 is 0 Å². The first-order valence-electron chi connectivity index (χ1n) is 6.61. The molecule has 0 radical (unpaired) electrons. The van der Waals surface area contributed by atoms with Gasteiger partial charge in [-0.2, -0.15) is 4.98 Å². The first-order valence-corrected chi connectivity index (χ1v) is 6.99. The Morgan fingerprint density at radius 3 is 2.90 bits per heavy atom. The molecule has 0 aliphatic rings. The van der Waals surface area contributed by atoms with Gasteiger partial charge in [0.1, 0.15) is 5.82 Å². The fourth-order valence-corrected chi connectivity index (χ4v) is 2.28. The molecule has 0 aliphatic carbocycles. The Bertz CT molecular complexity index is 553. The molecule has 0 fully saturated rings. The molecular weight excluding hydrogens is 281 g/mol. The lowest BCUT2D eigenvalue weighted by Crippen LogP contribution is -2.12. The molecule has 6 heteroatoms. The Labute approximate surface area is 122 Å². The molecule has 20 heavy (non-hydrogen) atoms. The Morgan fingerprint density at radius 1 is 1.45 bits per heavy atom. The average molecular weight is 298 g/mol. The van der Waals surface area contributed by atoms with Gasteiger partial charge in [0.15, 0.2) is 5.82 Å². The quantitative estimate of drug-likeness (QED) is 0.888. The van der Waals surface area contributed by atoms with Crippen molar-refractivity contribution in [2.75, 3.05) is 6.54 Å². The standard InChI is InChI=1S/C14H17ClFN3O/c1-2-4-9(8-17)14-18-13(19-20-14)7-10-11(15)5-3-6-12(10)16/h3,5-6,9H,2,4,7-8,17H2,1H3. The van der Waals surface area contributed by atoms with Crippen LogP contribution in [0.2, 0.25) is 5.02 Å². The summed E-state index contributed by atoms with van der Waals surface area (Å²) in [5, 5.41) is 4.24. The SMILES string of the molecule is CCCC(CN)c1nc(Cc2c(F)cccc2Cl)no1. The molecule has 1 aromatic carbocycles. The second-order valence-corrected chi connectivity index (χ2v) is 5.05. The van der Waals surface area contributed by atoms with Gasteiger partial charge in [0.25, 0.3) is 0 Å². The number of hydrogen-bond donors (Lipinski definition) is 1. The van der Waals surface area contributed by atoms with E-state index in [1.807, 2.05) is 0 Å². The molecule has 0 amide bonds. The molecule has 4 nitrogen and oxygen atoms in total. The third kappa shape index (κ3) is 3.35. The Morgan fingerprint density at radius 2 is 2.25 bits per heavy atom. The number of aromatic nitrogens is 2. The van der Waals surface area contributed by atoms with Crippen LogP contribution in [0.3, 0.4) is 0 Å². The maximum Gasteiger partial charge on any atom is 0.231 e. The fraction of sp³-hybridized carbons (Fsp3) is 0.429. The molecule has 0 aliphatic heterocycles. The van der Waals surface area contributed by atoms with Crippen molar-refractivity contribution in [1.82, 2.24) is 10.1 Å². The van der Waals surface area contributed by atoms with Crippen molar-refractivity contribution in [2.24, 2.45) is 5.73 Å². The molecular formula is C14H17ClFN3O. The van der Waals surface area contributed by atoms with Gasteiger partial charge in [0.05, 0.1) is 5.92 Å². The third-order valence-electron chi connectivity index (χ3n) is 3.15. The monoisotopic (exact) mass is 297 g/mol. The van der Waals surface area contributed by atoms with Crippen LogP contribution >= 0.6 is 11.6 Å². The van der Waals surface area contributed by atoms with E-state index in [1.165, 1.54) is 6.07 Å². The van der Waals surface area contributed by atoms with E-state index in [0.29, 0.717) is 28.8 Å². The van der Waals surface area contributed by atoms with E-state index >= 15 is 0 Å². The average Bonchev–Trinajstić information content (AvgIpc) is 2.89. The number of halogens is 2. The van der Waals surface area contributed by atoms with Crippen LogP contribution in [0.25, 0.3) is 0 Å². The highest BCUT2D eigenvalue weighted by molar-refractivity contribution is 6.31. The Kier molecular flexibility index (Phi) is 5.09. The Hall–Kier alpha value is -1.46. The van der Waals surface area contributed by atoms with Crippen molar-refractivity contribution in [3.8, 4) is 0 Å². The minimum atomic E-state index is -0.368. The molecule has 108 valence electrons. The van der Waals surface area contributed by atoms with Crippen molar-refractivity contribution in [2.45, 2.75) is 32.1 Å². The highest BCUT2D eigenvalue weighted by Crippen LogP contribution is 2.23. The zero-order valence-corrected chi connectivity index (χ0v) is 12.0. The van der Waals surface area contributed by atoms with Gasteiger partial charge < -0.3 is 10.3 Å². The maximum absolute atomic E-state index is 13.7. The number of nitrogens with two attached hydrogens (primary N) is 1. The normalized spacial score (nSPS) is 12.6. The molecule has 0 spiro atoms. The topological polar surface area (TPSA) is 64.9 Å². The van der Waals surface area contributed by atoms with Crippen molar-refractivity contribution >= 4 is 11.6 Å². The molecule has 0 saturated heterocycles. The molecule has 1 aromatic heterocycles. The molecule has 1 heterocycles. The molecule has 2 N–H and O–H groups in total. The van der Waals surface area contributed by atoms with Gasteiger partial charge in [0.2, 0.25) is 5.89 Å². The summed E-state index contributed by atoms with van der Waals surface area (Å²) in [4.78, 5) is 4.29. The van der Waals surface area contributed by atoms with Crippen LogP contribution in [0.15, 0.2) is 22.7 Å². The number of rotatable bonds is 6. The third-order valence-corrected chi connectivity index (χ3v) is 3.51. The summed E-state index contributed by atoms with van der Waals surface area (Å²) in [6, 6.07) is 4.57. The Balaban J connectivity index is 2.17. The van der Waals surface area contributed by atoms with Crippen LogP contribution in [0.4, 0.5) is 4.39 Å². The van der Waals surface area contributed by atoms with E-state index in [4.69, 9.17) is 21.9 Å². The summed E-state index contributed by atoms with van der Waals surface area (Å²) in [5.41, 5.74) is 6.07. The van der Waals surface area contributed by atoms with Gasteiger partial charge in [-0.25, -0.2) is 4.39 Å². The number of benzene rings is 1. The van der Waals surface area contributed by atoms with Crippen LogP contribution in [-0.2, 0) is 6.42 Å². The van der Waals surface area contributed by atoms with Crippen LogP contribution in [0.5, 0.6) is 0 Å². The van der Waals surface area contributed by atoms with E-state index in [-0.39, 0.29) is 18.2 Å². The van der Waals surface area contributed by atoms with Crippen LogP contribution in [-0.4, -0.2) is 16.7 Å². The predicted octanol–water partition coefficient (Wildman–Crippen LogP) is 3.30. The molecule has 0 bridgehead atoms. The van der Waals surface area contributed by atoms with Crippen molar-refractivity contribution in [1.29, 1.82) is 0 Å². The summed E-state index contributed by atoms with van der Waals surface area (Å²) in [7, 11) is 0. The van der Waals surface area contributed by atoms with Gasteiger partial charge in [0, 0.05) is 23.6 Å². The highest BCUT2D eigenvalue weighted by Gasteiger charge is 2.18. The van der Waals surface area contributed by atoms with E-state index < -0.39 is 0 Å². The van der Waals surface area contributed by atoms with Gasteiger partial charge in [-0.15, -0.1) is 0 Å². The van der Waals surface area contributed by atoms with Crippen molar-refractivity contribution in [3.63, 3.8) is 0 Å². The largest absolute Gasteiger partial charge is 0.339 e. The first kappa shape index (κ1) is 14.9. The molecule has 0 saturated carbocycles. The summed E-state index contributed by atoms with van der Waals surface area (Å²) in [6.45, 7) is 2.52. The zero-order chi connectivity index (χ0) is 14.5. The zero-order valence-electron chi connectivity index (χ0n) is 11.3. The van der Waals surface area contributed by atoms with E-state index in [1.54, 1.807) is 12.1 Å². The van der Waals surface area contributed by atoms with Crippen LogP contribution in [0.1, 0.15) is 43.0 Å². The predicted molar refractivity (Wildman–Crippen MR) is 75.2 cm³/mol. The maximum atomic E-state index is 13.7. The smallest absolute Gasteiger partial charge is 0.231 e.